The third-order valence-corrected chi connectivity index (χ3v) is 6.26. The molecule has 0 aliphatic carbocycles. The Kier molecular flexibility index (Phi) is 4.67. The third kappa shape index (κ3) is 3.55. The van der Waals surface area contributed by atoms with Gasteiger partial charge in [-0.2, -0.15) is 0 Å². The maximum Gasteiger partial charge on any atom is 0.0928 e. The maximum atomic E-state index is 6.57. The second-order valence-corrected chi connectivity index (χ2v) is 8.30. The Morgan fingerprint density at radius 2 is 1.84 bits per heavy atom. The molecule has 2 rings (SSSR count). The Morgan fingerprint density at radius 3 is 2.37 bits per heavy atom. The maximum absolute atomic E-state index is 6.57. The summed E-state index contributed by atoms with van der Waals surface area (Å²) in [6.45, 7) is 6.64. The van der Waals surface area contributed by atoms with Gasteiger partial charge in [-0.15, -0.1) is 22.9 Å². The van der Waals surface area contributed by atoms with E-state index in [2.05, 4.69) is 48.8 Å². The average molecular weight is 378 g/mol. The van der Waals surface area contributed by atoms with Gasteiger partial charge in [0.25, 0.3) is 0 Å². The SMILES string of the molecule is CC(C)(C)c1ccc(C(Cl)c2ccc(Cl)c(Br)c2)s1. The van der Waals surface area contributed by atoms with Crippen molar-refractivity contribution in [3.8, 4) is 0 Å². The average Bonchev–Trinajstić information content (AvgIpc) is 2.81. The van der Waals surface area contributed by atoms with E-state index in [4.69, 9.17) is 23.2 Å². The molecule has 0 spiro atoms. The summed E-state index contributed by atoms with van der Waals surface area (Å²) >= 11 is 17.8. The lowest BCUT2D eigenvalue weighted by Gasteiger charge is -2.15. The fourth-order valence-corrected chi connectivity index (χ4v) is 3.65. The molecule has 1 aromatic carbocycles. The molecular weight excluding hydrogens is 363 g/mol. The van der Waals surface area contributed by atoms with Crippen LogP contribution in [-0.4, -0.2) is 0 Å². The van der Waals surface area contributed by atoms with Crippen molar-refractivity contribution in [2.24, 2.45) is 0 Å². The molecule has 0 radical (unpaired) electrons. The first-order valence-electron chi connectivity index (χ1n) is 5.98. The molecule has 19 heavy (non-hydrogen) atoms. The molecular formula is C15H15BrCl2S. The highest BCUT2D eigenvalue weighted by Crippen LogP contribution is 2.39. The molecule has 102 valence electrons. The highest BCUT2D eigenvalue weighted by atomic mass is 79.9. The minimum atomic E-state index is -0.130. The topological polar surface area (TPSA) is 0 Å². The van der Waals surface area contributed by atoms with Crippen LogP contribution in [0.1, 0.15) is 41.5 Å². The molecule has 4 heteroatoms. The number of halogens is 3. The van der Waals surface area contributed by atoms with Crippen LogP contribution in [0.4, 0.5) is 0 Å². The third-order valence-electron chi connectivity index (χ3n) is 2.85. The Hall–Kier alpha value is -0.0200. The standard InChI is InChI=1S/C15H15BrCl2S/c1-15(2,3)13-7-6-12(19-13)14(18)9-4-5-11(17)10(16)8-9/h4-8,14H,1-3H3. The first kappa shape index (κ1) is 15.4. The molecule has 0 nitrogen and oxygen atoms in total. The smallest absolute Gasteiger partial charge is 0.0928 e. The molecule has 0 N–H and O–H groups in total. The van der Waals surface area contributed by atoms with E-state index in [0.29, 0.717) is 5.02 Å². The second kappa shape index (κ2) is 5.77. The van der Waals surface area contributed by atoms with Crippen LogP contribution in [-0.2, 0) is 5.41 Å². The van der Waals surface area contributed by atoms with Crippen LogP contribution in [0.3, 0.4) is 0 Å². The van der Waals surface area contributed by atoms with Gasteiger partial charge in [0, 0.05) is 14.2 Å². The van der Waals surface area contributed by atoms with Gasteiger partial charge < -0.3 is 0 Å². The lowest BCUT2D eigenvalue weighted by atomic mass is 9.95. The summed E-state index contributed by atoms with van der Waals surface area (Å²) < 4.78 is 0.880. The Morgan fingerprint density at radius 1 is 1.16 bits per heavy atom. The summed E-state index contributed by atoms with van der Waals surface area (Å²) in [5.74, 6) is 0. The van der Waals surface area contributed by atoms with E-state index in [1.54, 1.807) is 11.3 Å². The highest BCUT2D eigenvalue weighted by Gasteiger charge is 2.20. The van der Waals surface area contributed by atoms with Crippen LogP contribution in [0.15, 0.2) is 34.8 Å². The fraction of sp³-hybridized carbons (Fsp3) is 0.333. The van der Waals surface area contributed by atoms with E-state index < -0.39 is 0 Å². The molecule has 0 saturated heterocycles. The quantitative estimate of drug-likeness (QED) is 0.505. The first-order chi connectivity index (χ1) is 8.79. The monoisotopic (exact) mass is 376 g/mol. The number of benzene rings is 1. The van der Waals surface area contributed by atoms with Crippen LogP contribution in [0.25, 0.3) is 0 Å². The zero-order valence-corrected chi connectivity index (χ0v) is 14.9. The first-order valence-corrected chi connectivity index (χ1v) is 8.40. The van der Waals surface area contributed by atoms with Crippen LogP contribution in [0, 0.1) is 0 Å². The summed E-state index contributed by atoms with van der Waals surface area (Å²) in [5, 5.41) is 0.573. The Labute approximate surface area is 136 Å². The van der Waals surface area contributed by atoms with Crippen molar-refractivity contribution in [1.29, 1.82) is 0 Å². The van der Waals surface area contributed by atoms with Gasteiger partial charge in [-0.3, -0.25) is 0 Å². The molecule has 1 aromatic heterocycles. The van der Waals surface area contributed by atoms with Gasteiger partial charge in [0.1, 0.15) is 0 Å². The van der Waals surface area contributed by atoms with Crippen molar-refractivity contribution in [1.82, 2.24) is 0 Å². The van der Waals surface area contributed by atoms with Gasteiger partial charge >= 0.3 is 0 Å². The van der Waals surface area contributed by atoms with Crippen LogP contribution in [0.5, 0.6) is 0 Å². The second-order valence-electron chi connectivity index (χ2n) is 5.49. The zero-order chi connectivity index (χ0) is 14.2. The summed E-state index contributed by atoms with van der Waals surface area (Å²) in [6.07, 6.45) is 0. The van der Waals surface area contributed by atoms with Gasteiger partial charge in [-0.1, -0.05) is 38.4 Å². The van der Waals surface area contributed by atoms with Crippen molar-refractivity contribution in [2.75, 3.05) is 0 Å². The van der Waals surface area contributed by atoms with E-state index in [9.17, 15) is 0 Å². The minimum absolute atomic E-state index is 0.130. The van der Waals surface area contributed by atoms with E-state index in [-0.39, 0.29) is 10.8 Å². The molecule has 0 aliphatic heterocycles. The van der Waals surface area contributed by atoms with E-state index >= 15 is 0 Å². The van der Waals surface area contributed by atoms with Gasteiger partial charge in [-0.25, -0.2) is 0 Å². The molecule has 1 heterocycles. The van der Waals surface area contributed by atoms with Crippen molar-refractivity contribution in [2.45, 2.75) is 31.6 Å². The fourth-order valence-electron chi connectivity index (χ4n) is 1.73. The Bertz CT molecular complexity index is 584. The summed E-state index contributed by atoms with van der Waals surface area (Å²) in [4.78, 5) is 2.52. The summed E-state index contributed by atoms with van der Waals surface area (Å²) in [6, 6.07) is 10.1. The van der Waals surface area contributed by atoms with Crippen LogP contribution < -0.4 is 0 Å². The van der Waals surface area contributed by atoms with Crippen molar-refractivity contribution >= 4 is 50.5 Å². The van der Waals surface area contributed by atoms with Gasteiger partial charge in [0.05, 0.1) is 10.4 Å². The van der Waals surface area contributed by atoms with Gasteiger partial charge in [0.15, 0.2) is 0 Å². The van der Waals surface area contributed by atoms with Crippen molar-refractivity contribution < 1.29 is 0 Å². The number of rotatable bonds is 2. The number of alkyl halides is 1. The molecule has 0 saturated carbocycles. The summed E-state index contributed by atoms with van der Waals surface area (Å²) in [7, 11) is 0. The predicted octanol–water partition coefficient (Wildman–Crippen LogP) is 6.79. The molecule has 1 unspecified atom stereocenters. The Balaban J connectivity index is 2.31. The predicted molar refractivity (Wildman–Crippen MR) is 89.9 cm³/mol. The van der Waals surface area contributed by atoms with E-state index in [0.717, 1.165) is 10.0 Å². The molecule has 0 aliphatic rings. The van der Waals surface area contributed by atoms with E-state index in [1.165, 1.54) is 9.75 Å². The highest BCUT2D eigenvalue weighted by molar-refractivity contribution is 9.10. The van der Waals surface area contributed by atoms with Crippen LogP contribution in [0.2, 0.25) is 5.02 Å². The molecule has 0 fully saturated rings. The molecule has 2 aromatic rings. The van der Waals surface area contributed by atoms with E-state index in [1.807, 2.05) is 18.2 Å². The lowest BCUT2D eigenvalue weighted by Crippen LogP contribution is -2.07. The van der Waals surface area contributed by atoms with Gasteiger partial charge in [0.2, 0.25) is 0 Å². The molecule has 0 bridgehead atoms. The normalized spacial score (nSPS) is 13.6. The largest absolute Gasteiger partial charge is 0.143 e. The van der Waals surface area contributed by atoms with Crippen molar-refractivity contribution in [3.63, 3.8) is 0 Å². The molecule has 0 amide bonds. The summed E-state index contributed by atoms with van der Waals surface area (Å²) in [5.41, 5.74) is 1.22. The van der Waals surface area contributed by atoms with Crippen molar-refractivity contribution in [3.05, 3.63) is 55.1 Å². The minimum Gasteiger partial charge on any atom is -0.143 e. The number of hydrogen-bond acceptors (Lipinski definition) is 1. The molecule has 1 atom stereocenters. The zero-order valence-electron chi connectivity index (χ0n) is 11.0. The van der Waals surface area contributed by atoms with Gasteiger partial charge in [-0.05, 0) is 51.2 Å². The van der Waals surface area contributed by atoms with Crippen LogP contribution >= 0.6 is 50.5 Å². The number of hydrogen-bond donors (Lipinski definition) is 0. The lowest BCUT2D eigenvalue weighted by molar-refractivity contribution is 0.604. The number of thiophene rings is 1.